The van der Waals surface area contributed by atoms with Crippen LogP contribution >= 0.6 is 0 Å². The molecule has 0 radical (unpaired) electrons. The zero-order valence-corrected chi connectivity index (χ0v) is 20.0. The molecule has 0 saturated carbocycles. The molecule has 34 heavy (non-hydrogen) atoms. The van der Waals surface area contributed by atoms with Gasteiger partial charge in [0.05, 0.1) is 30.3 Å². The van der Waals surface area contributed by atoms with E-state index >= 15 is 0 Å². The molecule has 0 spiro atoms. The normalized spacial score (nSPS) is 18.6. The summed E-state index contributed by atoms with van der Waals surface area (Å²) in [5, 5.41) is 16.5. The van der Waals surface area contributed by atoms with E-state index in [4.69, 9.17) is 4.74 Å². The third-order valence-corrected chi connectivity index (χ3v) is 7.38. The van der Waals surface area contributed by atoms with Gasteiger partial charge in [-0.25, -0.2) is 22.0 Å². The number of rotatable bonds is 9. The van der Waals surface area contributed by atoms with Gasteiger partial charge >= 0.3 is 6.09 Å². The van der Waals surface area contributed by atoms with Gasteiger partial charge in [-0.3, -0.25) is 0 Å². The average molecular weight is 497 g/mol. The molecule has 3 atom stereocenters. The molecule has 186 valence electrons. The van der Waals surface area contributed by atoms with Gasteiger partial charge in [-0.05, 0) is 54.2 Å². The lowest BCUT2D eigenvalue weighted by atomic mass is 9.97. The molecule has 3 rings (SSSR count). The lowest BCUT2D eigenvalue weighted by Gasteiger charge is -2.30. The summed E-state index contributed by atoms with van der Waals surface area (Å²) in [6.07, 6.45) is -1.24. The van der Waals surface area contributed by atoms with Crippen LogP contribution in [0.15, 0.2) is 36.4 Å². The topological polar surface area (TPSA) is 105 Å². The third-order valence-electron chi connectivity index (χ3n) is 5.78. The maximum Gasteiger partial charge on any atom is 0.407 e. The molecule has 1 amide bonds. The van der Waals surface area contributed by atoms with E-state index in [1.165, 1.54) is 0 Å². The lowest BCUT2D eigenvalue weighted by molar-refractivity contribution is 0.104. The number of hydrogen-bond acceptors (Lipinski definition) is 6. The van der Waals surface area contributed by atoms with Gasteiger partial charge in [-0.1, -0.05) is 25.1 Å². The van der Waals surface area contributed by atoms with E-state index in [0.717, 1.165) is 35.7 Å². The Morgan fingerprint density at radius 3 is 2.50 bits per heavy atom. The molecule has 0 fully saturated rings. The number of nitrogens with one attached hydrogen (secondary N) is 2. The number of aryl methyl sites for hydroxylation is 1. The van der Waals surface area contributed by atoms with Crippen molar-refractivity contribution in [3.8, 4) is 0 Å². The van der Waals surface area contributed by atoms with E-state index in [0.29, 0.717) is 5.56 Å². The quantitative estimate of drug-likeness (QED) is 0.493. The van der Waals surface area contributed by atoms with Crippen molar-refractivity contribution in [1.29, 1.82) is 0 Å². The molecular weight excluding hydrogens is 466 g/mol. The van der Waals surface area contributed by atoms with Crippen molar-refractivity contribution in [3.63, 3.8) is 0 Å². The molecule has 0 aromatic heterocycles. The van der Waals surface area contributed by atoms with Gasteiger partial charge in [0.2, 0.25) is 0 Å². The molecular formula is C24H30F2N2O5S. The molecule has 0 aliphatic carbocycles. The molecule has 10 heteroatoms. The Kier molecular flexibility index (Phi) is 8.62. The summed E-state index contributed by atoms with van der Waals surface area (Å²) in [5.41, 5.74) is 2.90. The minimum absolute atomic E-state index is 0.0365. The van der Waals surface area contributed by atoms with Gasteiger partial charge in [-0.2, -0.15) is 0 Å². The van der Waals surface area contributed by atoms with Gasteiger partial charge in [0.1, 0.15) is 11.6 Å². The number of carbonyl (C=O) groups is 1. The first-order valence-corrected chi connectivity index (χ1v) is 13.0. The van der Waals surface area contributed by atoms with Gasteiger partial charge in [0.15, 0.2) is 9.84 Å². The fourth-order valence-electron chi connectivity index (χ4n) is 4.12. The summed E-state index contributed by atoms with van der Waals surface area (Å²) in [5.74, 6) is -1.70. The second-order valence-electron chi connectivity index (χ2n) is 8.42. The number of aliphatic hydroxyl groups is 1. The Labute approximate surface area is 198 Å². The van der Waals surface area contributed by atoms with Crippen molar-refractivity contribution < 1.29 is 31.8 Å². The second kappa shape index (κ2) is 11.2. The first-order chi connectivity index (χ1) is 16.1. The SMILES string of the molecule is CCOC(=O)N[C@H](Cc1cc(F)cc(F)c1)[C@@H](O)CN[C@@H]1CS(=O)(=O)Cc2ccc(CC)cc21. The van der Waals surface area contributed by atoms with Crippen molar-refractivity contribution in [2.75, 3.05) is 18.9 Å². The molecule has 2 aromatic carbocycles. The van der Waals surface area contributed by atoms with Crippen LogP contribution in [0.25, 0.3) is 0 Å². The number of sulfone groups is 1. The van der Waals surface area contributed by atoms with Crippen molar-refractivity contribution in [1.82, 2.24) is 10.6 Å². The predicted molar refractivity (Wildman–Crippen MR) is 124 cm³/mol. The van der Waals surface area contributed by atoms with Crippen LogP contribution in [0.2, 0.25) is 0 Å². The summed E-state index contributed by atoms with van der Waals surface area (Å²) in [4.78, 5) is 12.0. The van der Waals surface area contributed by atoms with Gasteiger partial charge in [0, 0.05) is 18.7 Å². The summed E-state index contributed by atoms with van der Waals surface area (Å²) >= 11 is 0. The highest BCUT2D eigenvalue weighted by Crippen LogP contribution is 2.29. The Morgan fingerprint density at radius 1 is 1.15 bits per heavy atom. The first kappa shape index (κ1) is 26.1. The number of fused-ring (bicyclic) bond motifs is 1. The van der Waals surface area contributed by atoms with E-state index in [2.05, 4.69) is 10.6 Å². The number of alkyl carbamates (subject to hydrolysis) is 1. The first-order valence-electron chi connectivity index (χ1n) is 11.2. The van der Waals surface area contributed by atoms with Crippen LogP contribution < -0.4 is 10.6 Å². The number of aliphatic hydroxyl groups excluding tert-OH is 1. The van der Waals surface area contributed by atoms with Crippen LogP contribution in [0.5, 0.6) is 0 Å². The fraction of sp³-hybridized carbons (Fsp3) is 0.458. The van der Waals surface area contributed by atoms with E-state index in [-0.39, 0.29) is 36.6 Å². The fourth-order valence-corrected chi connectivity index (χ4v) is 5.78. The highest BCUT2D eigenvalue weighted by atomic mass is 32.2. The maximum atomic E-state index is 13.6. The molecule has 1 heterocycles. The second-order valence-corrected chi connectivity index (χ2v) is 10.5. The minimum Gasteiger partial charge on any atom is -0.450 e. The van der Waals surface area contributed by atoms with E-state index < -0.39 is 45.8 Å². The third kappa shape index (κ3) is 6.97. The molecule has 1 aliphatic heterocycles. The minimum atomic E-state index is -3.33. The Hall–Kier alpha value is -2.56. The van der Waals surface area contributed by atoms with Crippen LogP contribution in [0, 0.1) is 11.6 Å². The van der Waals surface area contributed by atoms with Gasteiger partial charge < -0.3 is 20.5 Å². The largest absolute Gasteiger partial charge is 0.450 e. The van der Waals surface area contributed by atoms with E-state index in [9.17, 15) is 27.1 Å². The van der Waals surface area contributed by atoms with Crippen molar-refractivity contribution >= 4 is 15.9 Å². The van der Waals surface area contributed by atoms with Crippen LogP contribution in [-0.4, -0.2) is 50.7 Å². The maximum absolute atomic E-state index is 13.6. The van der Waals surface area contributed by atoms with E-state index in [1.807, 2.05) is 25.1 Å². The van der Waals surface area contributed by atoms with E-state index in [1.54, 1.807) is 6.92 Å². The zero-order valence-electron chi connectivity index (χ0n) is 19.2. The van der Waals surface area contributed by atoms with Crippen LogP contribution in [0.3, 0.4) is 0 Å². The predicted octanol–water partition coefficient (Wildman–Crippen LogP) is 2.80. The molecule has 2 aromatic rings. The Morgan fingerprint density at radius 2 is 1.85 bits per heavy atom. The summed E-state index contributed by atoms with van der Waals surface area (Å²) in [7, 11) is -3.33. The molecule has 7 nitrogen and oxygen atoms in total. The van der Waals surface area contributed by atoms with Crippen molar-refractivity contribution in [3.05, 3.63) is 70.3 Å². The zero-order chi connectivity index (χ0) is 24.9. The van der Waals surface area contributed by atoms with Crippen molar-refractivity contribution in [2.24, 2.45) is 0 Å². The number of amides is 1. The number of ether oxygens (including phenoxy) is 1. The highest BCUT2D eigenvalue weighted by Gasteiger charge is 2.31. The molecule has 0 saturated heterocycles. The smallest absolute Gasteiger partial charge is 0.407 e. The van der Waals surface area contributed by atoms with Crippen molar-refractivity contribution in [2.45, 2.75) is 50.6 Å². The number of hydrogen-bond donors (Lipinski definition) is 3. The number of benzene rings is 2. The highest BCUT2D eigenvalue weighted by molar-refractivity contribution is 7.90. The number of halogens is 2. The summed E-state index contributed by atoms with van der Waals surface area (Å²) in [6, 6.07) is 7.21. The summed E-state index contributed by atoms with van der Waals surface area (Å²) < 4.78 is 57.0. The summed E-state index contributed by atoms with van der Waals surface area (Å²) in [6.45, 7) is 3.68. The standard InChI is InChI=1S/C24H30F2N2O5S/c1-3-15-5-6-17-13-34(31,32)14-22(20(17)9-15)27-12-23(29)21(28-24(30)33-4-2)10-16-7-18(25)11-19(26)8-16/h5-9,11,21-23,27,29H,3-4,10,12-14H2,1-2H3,(H,28,30)/t21-,22-,23+/m1/s1. The van der Waals surface area contributed by atoms with Crippen LogP contribution in [-0.2, 0) is 33.2 Å². The molecule has 0 unspecified atom stereocenters. The lowest BCUT2D eigenvalue weighted by Crippen LogP contribution is -2.50. The van der Waals surface area contributed by atoms with Gasteiger partial charge in [0.25, 0.3) is 0 Å². The molecule has 3 N–H and O–H groups in total. The average Bonchev–Trinajstić information content (AvgIpc) is 2.75. The Bertz CT molecular complexity index is 1110. The number of carbonyl (C=O) groups excluding carboxylic acids is 1. The van der Waals surface area contributed by atoms with Crippen LogP contribution in [0.4, 0.5) is 13.6 Å². The van der Waals surface area contributed by atoms with Gasteiger partial charge in [-0.15, -0.1) is 0 Å². The monoisotopic (exact) mass is 496 g/mol. The Balaban J connectivity index is 1.78. The van der Waals surface area contributed by atoms with Crippen LogP contribution in [0.1, 0.15) is 42.1 Å². The molecule has 1 aliphatic rings. The molecule has 0 bridgehead atoms.